The molecule has 0 bridgehead atoms. The number of rotatable bonds is 4. The van der Waals surface area contributed by atoms with Crippen molar-refractivity contribution < 1.29 is 9.13 Å². The molecule has 0 saturated heterocycles. The molecule has 138 valence electrons. The summed E-state index contributed by atoms with van der Waals surface area (Å²) >= 11 is 0. The largest absolute Gasteiger partial charge is 0.497 e. The van der Waals surface area contributed by atoms with Crippen LogP contribution in [0.5, 0.6) is 5.75 Å². The average molecular weight is 368 g/mol. The fourth-order valence-electron chi connectivity index (χ4n) is 3.15. The summed E-state index contributed by atoms with van der Waals surface area (Å²) in [5, 5.41) is 4.38. The normalized spacial score (nSPS) is 12.9. The molecule has 1 aliphatic heterocycles. The van der Waals surface area contributed by atoms with Gasteiger partial charge in [0, 0.05) is 18.8 Å². The molecule has 2 aromatic carbocycles. The fourth-order valence-corrected chi connectivity index (χ4v) is 3.15. The monoisotopic (exact) mass is 368 g/mol. The van der Waals surface area contributed by atoms with Crippen LogP contribution in [0.15, 0.2) is 58.1 Å². The molecule has 7 nitrogen and oxygen atoms in total. The lowest BCUT2D eigenvalue weighted by Crippen LogP contribution is -2.42. The summed E-state index contributed by atoms with van der Waals surface area (Å²) in [4.78, 5) is 26.7. The van der Waals surface area contributed by atoms with Gasteiger partial charge >= 0.3 is 11.1 Å². The number of methoxy groups -OCH3 is 1. The van der Waals surface area contributed by atoms with Crippen molar-refractivity contribution >= 4 is 11.6 Å². The van der Waals surface area contributed by atoms with E-state index in [-0.39, 0.29) is 6.54 Å². The van der Waals surface area contributed by atoms with Gasteiger partial charge in [-0.2, -0.15) is 0 Å². The Hall–Kier alpha value is -3.42. The van der Waals surface area contributed by atoms with Gasteiger partial charge in [0.2, 0.25) is 5.95 Å². The number of fused-ring (bicyclic) bond motifs is 1. The van der Waals surface area contributed by atoms with E-state index < -0.39 is 16.9 Å². The summed E-state index contributed by atoms with van der Waals surface area (Å²) in [6, 6.07) is 13.2. The first kappa shape index (κ1) is 17.0. The number of anilines is 2. The second-order valence-corrected chi connectivity index (χ2v) is 6.20. The zero-order chi connectivity index (χ0) is 19.0. The minimum absolute atomic E-state index is 0.0239. The maximum absolute atomic E-state index is 13.4. The van der Waals surface area contributed by atoms with Crippen molar-refractivity contribution in [2.24, 2.45) is 0 Å². The quantitative estimate of drug-likeness (QED) is 0.657. The maximum Gasteiger partial charge on any atom is 0.333 e. The van der Waals surface area contributed by atoms with Crippen molar-refractivity contribution in [3.05, 3.63) is 80.6 Å². The van der Waals surface area contributed by atoms with Gasteiger partial charge in [-0.25, -0.2) is 9.07 Å². The van der Waals surface area contributed by atoms with E-state index in [0.717, 1.165) is 16.1 Å². The number of ether oxygens (including phenoxy) is 1. The molecule has 0 radical (unpaired) electrons. The lowest BCUT2D eigenvalue weighted by Gasteiger charge is -2.18. The summed E-state index contributed by atoms with van der Waals surface area (Å²) in [7, 11) is 1.59. The van der Waals surface area contributed by atoms with E-state index in [1.54, 1.807) is 19.2 Å². The molecule has 27 heavy (non-hydrogen) atoms. The van der Waals surface area contributed by atoms with Gasteiger partial charge in [-0.1, -0.05) is 12.1 Å². The molecule has 0 fully saturated rings. The number of hydrogen-bond acceptors (Lipinski definition) is 5. The molecule has 8 heteroatoms. The minimum atomic E-state index is -0.723. The smallest absolute Gasteiger partial charge is 0.333 e. The van der Waals surface area contributed by atoms with Crippen LogP contribution in [0.25, 0.3) is 0 Å². The van der Waals surface area contributed by atoms with Gasteiger partial charge in [0.15, 0.2) is 0 Å². The van der Waals surface area contributed by atoms with E-state index in [4.69, 9.17) is 4.74 Å². The highest BCUT2D eigenvalue weighted by atomic mass is 19.1. The predicted molar refractivity (Wildman–Crippen MR) is 98.3 cm³/mol. The van der Waals surface area contributed by atoms with Crippen LogP contribution < -0.4 is 20.8 Å². The van der Waals surface area contributed by atoms with Crippen LogP contribution >= 0.6 is 0 Å². The fraction of sp³-hybridized carbons (Fsp3) is 0.211. The Kier molecular flexibility index (Phi) is 4.23. The molecular weight excluding hydrogens is 351 g/mol. The number of halogens is 1. The van der Waals surface area contributed by atoms with Gasteiger partial charge in [-0.05, 0) is 42.0 Å². The first-order valence-electron chi connectivity index (χ1n) is 8.45. The van der Waals surface area contributed by atoms with Crippen LogP contribution in [0.3, 0.4) is 0 Å². The molecule has 0 saturated carbocycles. The van der Waals surface area contributed by atoms with E-state index in [2.05, 4.69) is 5.10 Å². The Labute approximate surface area is 153 Å². The van der Waals surface area contributed by atoms with Crippen LogP contribution in [-0.2, 0) is 13.1 Å². The Morgan fingerprint density at radius 1 is 1.07 bits per heavy atom. The van der Waals surface area contributed by atoms with Crippen LogP contribution in [0.2, 0.25) is 0 Å². The van der Waals surface area contributed by atoms with E-state index >= 15 is 0 Å². The van der Waals surface area contributed by atoms with Gasteiger partial charge in [-0.3, -0.25) is 14.2 Å². The van der Waals surface area contributed by atoms with Gasteiger partial charge in [0.25, 0.3) is 0 Å². The number of nitrogens with zero attached hydrogens (tertiary/aromatic N) is 4. The molecule has 4 rings (SSSR count). The first-order chi connectivity index (χ1) is 13.1. The van der Waals surface area contributed by atoms with Crippen molar-refractivity contribution in [2.75, 3.05) is 18.6 Å². The first-order valence-corrected chi connectivity index (χ1v) is 8.45. The summed E-state index contributed by atoms with van der Waals surface area (Å²) in [5.41, 5.74) is 0.0415. The lowest BCUT2D eigenvalue weighted by atomic mass is 10.2. The molecule has 0 unspecified atom stereocenters. The SMILES string of the molecule is COc1ccc(N2CCn3c2nn(Cc2cccc(F)c2)c(=O)c3=O)cc1. The highest BCUT2D eigenvalue weighted by Gasteiger charge is 2.26. The third-order valence-electron chi connectivity index (χ3n) is 4.51. The zero-order valence-corrected chi connectivity index (χ0v) is 14.6. The molecule has 1 aliphatic rings. The third kappa shape index (κ3) is 3.10. The van der Waals surface area contributed by atoms with E-state index in [1.807, 2.05) is 29.2 Å². The molecule has 3 aromatic rings. The van der Waals surface area contributed by atoms with Crippen LogP contribution in [0.1, 0.15) is 5.56 Å². The summed E-state index contributed by atoms with van der Waals surface area (Å²) in [6.45, 7) is 0.928. The predicted octanol–water partition coefficient (Wildman–Crippen LogP) is 1.75. The molecular formula is C19H17FN4O3. The second kappa shape index (κ2) is 6.71. The average Bonchev–Trinajstić information content (AvgIpc) is 3.10. The van der Waals surface area contributed by atoms with Crippen molar-refractivity contribution in [3.8, 4) is 5.75 Å². The highest BCUT2D eigenvalue weighted by Crippen LogP contribution is 2.27. The molecule has 0 aliphatic carbocycles. The van der Waals surface area contributed by atoms with Gasteiger partial charge in [-0.15, -0.1) is 5.10 Å². The summed E-state index contributed by atoms with van der Waals surface area (Å²) in [6.07, 6.45) is 0. The topological polar surface area (TPSA) is 69.4 Å². The maximum atomic E-state index is 13.4. The van der Waals surface area contributed by atoms with Crippen molar-refractivity contribution in [2.45, 2.75) is 13.1 Å². The van der Waals surface area contributed by atoms with Gasteiger partial charge < -0.3 is 9.64 Å². The summed E-state index contributed by atoms with van der Waals surface area (Å²) < 4.78 is 21.0. The van der Waals surface area contributed by atoms with Gasteiger partial charge in [0.05, 0.1) is 13.7 Å². The van der Waals surface area contributed by atoms with E-state index in [9.17, 15) is 14.0 Å². The molecule has 1 aromatic heterocycles. The molecule has 2 heterocycles. The Morgan fingerprint density at radius 2 is 1.85 bits per heavy atom. The highest BCUT2D eigenvalue weighted by molar-refractivity contribution is 5.59. The van der Waals surface area contributed by atoms with Crippen LogP contribution in [0, 0.1) is 5.82 Å². The number of benzene rings is 2. The van der Waals surface area contributed by atoms with Crippen LogP contribution in [-0.4, -0.2) is 28.0 Å². The number of hydrogen-bond donors (Lipinski definition) is 0. The Balaban J connectivity index is 1.75. The molecule has 0 atom stereocenters. The lowest BCUT2D eigenvalue weighted by molar-refractivity contribution is 0.415. The number of aromatic nitrogens is 3. The molecule has 0 spiro atoms. The van der Waals surface area contributed by atoms with Crippen molar-refractivity contribution in [1.29, 1.82) is 0 Å². The second-order valence-electron chi connectivity index (χ2n) is 6.20. The standard InChI is InChI=1S/C19H17FN4O3/c1-27-16-7-5-15(6-8-16)22-9-10-23-17(25)18(26)24(21-19(22)23)12-13-3-2-4-14(20)11-13/h2-8,11H,9-10,12H2,1H3. The summed E-state index contributed by atoms with van der Waals surface area (Å²) in [5.74, 6) is 0.707. The van der Waals surface area contributed by atoms with E-state index in [1.165, 1.54) is 16.7 Å². The van der Waals surface area contributed by atoms with Crippen molar-refractivity contribution in [3.63, 3.8) is 0 Å². The molecule has 0 N–H and O–H groups in total. The molecule has 0 amide bonds. The Bertz CT molecular complexity index is 1110. The third-order valence-corrected chi connectivity index (χ3v) is 4.51. The zero-order valence-electron chi connectivity index (χ0n) is 14.6. The minimum Gasteiger partial charge on any atom is -0.497 e. The van der Waals surface area contributed by atoms with Gasteiger partial charge in [0.1, 0.15) is 11.6 Å². The van der Waals surface area contributed by atoms with E-state index in [0.29, 0.717) is 24.6 Å². The Morgan fingerprint density at radius 3 is 2.56 bits per heavy atom. The van der Waals surface area contributed by atoms with Crippen molar-refractivity contribution in [1.82, 2.24) is 14.3 Å². The van der Waals surface area contributed by atoms with Crippen LogP contribution in [0.4, 0.5) is 16.0 Å².